The van der Waals surface area contributed by atoms with Crippen LogP contribution in [0.2, 0.25) is 0 Å². The fourth-order valence-corrected chi connectivity index (χ4v) is 3.26. The Hall–Kier alpha value is -1.08. The highest BCUT2D eigenvalue weighted by molar-refractivity contribution is 5.31. The summed E-state index contributed by atoms with van der Waals surface area (Å²) in [5.74, 6) is -1.02. The maximum Gasteiger partial charge on any atom is 0.129 e. The van der Waals surface area contributed by atoms with E-state index in [0.717, 1.165) is 18.9 Å². The minimum atomic E-state index is -0.599. The lowest BCUT2D eigenvalue weighted by molar-refractivity contribution is -0.0647. The Morgan fingerprint density at radius 2 is 2.09 bits per heavy atom. The van der Waals surface area contributed by atoms with Crippen LogP contribution in [-0.2, 0) is 22.4 Å². The van der Waals surface area contributed by atoms with Gasteiger partial charge in [0.1, 0.15) is 11.6 Å². The average Bonchev–Trinajstić information content (AvgIpc) is 2.53. The molecule has 2 aliphatic rings. The molecule has 0 saturated carbocycles. The lowest BCUT2D eigenvalue weighted by Gasteiger charge is -2.31. The van der Waals surface area contributed by atoms with Crippen LogP contribution in [0.3, 0.4) is 0 Å². The molecule has 128 valence electrons. The summed E-state index contributed by atoms with van der Waals surface area (Å²) in [5, 5.41) is 10.1. The standard InChI is InChI=1S/C17H23F2NO3/c18-13-7-12-9-20(4-1-16(12)17(19)8-13)10-14(21)11-23-15-2-5-22-6-3-15/h7-8,14-15,21H,1-6,9-11H2. The monoisotopic (exact) mass is 327 g/mol. The predicted octanol–water partition coefficient (Wildman–Crippen LogP) is 1.88. The molecule has 0 radical (unpaired) electrons. The molecular formula is C17H23F2NO3. The largest absolute Gasteiger partial charge is 0.389 e. The fraction of sp³-hybridized carbons (Fsp3) is 0.647. The van der Waals surface area contributed by atoms with Crippen molar-refractivity contribution in [2.45, 2.75) is 38.0 Å². The molecule has 0 amide bonds. The van der Waals surface area contributed by atoms with E-state index < -0.39 is 17.7 Å². The van der Waals surface area contributed by atoms with Crippen molar-refractivity contribution in [3.8, 4) is 0 Å². The zero-order valence-electron chi connectivity index (χ0n) is 13.1. The Bertz CT molecular complexity index is 535. The third-order valence-corrected chi connectivity index (χ3v) is 4.49. The van der Waals surface area contributed by atoms with Gasteiger partial charge in [-0.05, 0) is 36.5 Å². The molecular weight excluding hydrogens is 304 g/mol. The van der Waals surface area contributed by atoms with Gasteiger partial charge in [0.15, 0.2) is 0 Å². The first-order valence-corrected chi connectivity index (χ1v) is 8.18. The molecule has 1 aromatic carbocycles. The summed E-state index contributed by atoms with van der Waals surface area (Å²) in [6.07, 6.45) is 1.82. The maximum atomic E-state index is 13.7. The second-order valence-corrected chi connectivity index (χ2v) is 6.31. The van der Waals surface area contributed by atoms with Gasteiger partial charge >= 0.3 is 0 Å². The van der Waals surface area contributed by atoms with Crippen LogP contribution >= 0.6 is 0 Å². The van der Waals surface area contributed by atoms with Gasteiger partial charge in [-0.3, -0.25) is 4.90 Å². The van der Waals surface area contributed by atoms with Crippen molar-refractivity contribution in [3.05, 3.63) is 34.9 Å². The first kappa shape index (κ1) is 16.8. The average molecular weight is 327 g/mol. The first-order chi connectivity index (χ1) is 11.1. The van der Waals surface area contributed by atoms with Crippen molar-refractivity contribution < 1.29 is 23.4 Å². The maximum absolute atomic E-state index is 13.7. The molecule has 1 fully saturated rings. The van der Waals surface area contributed by atoms with Gasteiger partial charge in [0.25, 0.3) is 0 Å². The number of hydrogen-bond donors (Lipinski definition) is 1. The Morgan fingerprint density at radius 3 is 2.87 bits per heavy atom. The lowest BCUT2D eigenvalue weighted by Crippen LogP contribution is -2.39. The molecule has 0 spiro atoms. The summed E-state index contributed by atoms with van der Waals surface area (Å²) in [6, 6.07) is 2.32. The number of aliphatic hydroxyl groups is 1. The summed E-state index contributed by atoms with van der Waals surface area (Å²) in [4.78, 5) is 2.01. The summed E-state index contributed by atoms with van der Waals surface area (Å²) < 4.78 is 38.0. The van der Waals surface area contributed by atoms with Gasteiger partial charge < -0.3 is 14.6 Å². The van der Waals surface area contributed by atoms with Crippen molar-refractivity contribution in [3.63, 3.8) is 0 Å². The minimum Gasteiger partial charge on any atom is -0.389 e. The molecule has 0 aliphatic carbocycles. The molecule has 1 atom stereocenters. The number of hydrogen-bond acceptors (Lipinski definition) is 4. The number of fused-ring (bicyclic) bond motifs is 1. The van der Waals surface area contributed by atoms with Gasteiger partial charge in [-0.15, -0.1) is 0 Å². The highest BCUT2D eigenvalue weighted by atomic mass is 19.1. The van der Waals surface area contributed by atoms with E-state index >= 15 is 0 Å². The van der Waals surface area contributed by atoms with Crippen LogP contribution in [0.4, 0.5) is 8.78 Å². The topological polar surface area (TPSA) is 41.9 Å². The van der Waals surface area contributed by atoms with E-state index in [9.17, 15) is 13.9 Å². The number of rotatable bonds is 5. The van der Waals surface area contributed by atoms with Crippen molar-refractivity contribution in [1.29, 1.82) is 0 Å². The van der Waals surface area contributed by atoms with E-state index in [4.69, 9.17) is 9.47 Å². The van der Waals surface area contributed by atoms with Crippen molar-refractivity contribution in [2.24, 2.45) is 0 Å². The predicted molar refractivity (Wildman–Crippen MR) is 81.1 cm³/mol. The highest BCUT2D eigenvalue weighted by Crippen LogP contribution is 2.23. The SMILES string of the molecule is OC(COC1CCOCC1)CN1CCc2c(F)cc(F)cc2C1. The number of halogens is 2. The molecule has 0 bridgehead atoms. The summed E-state index contributed by atoms with van der Waals surface area (Å²) in [7, 11) is 0. The van der Waals surface area contributed by atoms with Crippen LogP contribution in [0.25, 0.3) is 0 Å². The zero-order chi connectivity index (χ0) is 16.2. The number of aliphatic hydroxyl groups excluding tert-OH is 1. The summed E-state index contributed by atoms with van der Waals surface area (Å²) in [6.45, 7) is 3.26. The third kappa shape index (κ3) is 4.47. The molecule has 1 N–H and O–H groups in total. The fourth-order valence-electron chi connectivity index (χ4n) is 3.26. The van der Waals surface area contributed by atoms with Gasteiger partial charge in [-0.1, -0.05) is 0 Å². The Kier molecular flexibility index (Phi) is 5.58. The molecule has 23 heavy (non-hydrogen) atoms. The van der Waals surface area contributed by atoms with E-state index in [1.165, 1.54) is 6.07 Å². The normalized spacial score (nSPS) is 21.2. The lowest BCUT2D eigenvalue weighted by atomic mass is 9.98. The van der Waals surface area contributed by atoms with Gasteiger partial charge in [-0.25, -0.2) is 8.78 Å². The van der Waals surface area contributed by atoms with Crippen LogP contribution < -0.4 is 0 Å². The van der Waals surface area contributed by atoms with Crippen LogP contribution in [0.1, 0.15) is 24.0 Å². The van der Waals surface area contributed by atoms with Crippen LogP contribution in [-0.4, -0.2) is 55.1 Å². The molecule has 6 heteroatoms. The molecule has 3 rings (SSSR count). The molecule has 1 unspecified atom stereocenters. The highest BCUT2D eigenvalue weighted by Gasteiger charge is 2.23. The summed E-state index contributed by atoms with van der Waals surface area (Å²) in [5.41, 5.74) is 1.27. The van der Waals surface area contributed by atoms with E-state index in [1.54, 1.807) is 0 Å². The number of nitrogens with zero attached hydrogens (tertiary/aromatic N) is 1. The van der Waals surface area contributed by atoms with Crippen molar-refractivity contribution >= 4 is 0 Å². The quantitative estimate of drug-likeness (QED) is 0.897. The Labute approximate surface area is 135 Å². The number of benzene rings is 1. The van der Waals surface area contributed by atoms with Crippen LogP contribution in [0.15, 0.2) is 12.1 Å². The van der Waals surface area contributed by atoms with Gasteiger partial charge in [0, 0.05) is 38.9 Å². The third-order valence-electron chi connectivity index (χ3n) is 4.49. The molecule has 1 saturated heterocycles. The molecule has 0 aromatic heterocycles. The number of β-amino-alcohol motifs (C(OH)–C–C–N with tert-alkyl or cyclic N) is 1. The Morgan fingerprint density at radius 1 is 1.30 bits per heavy atom. The van der Waals surface area contributed by atoms with Crippen molar-refractivity contribution in [1.82, 2.24) is 4.90 Å². The first-order valence-electron chi connectivity index (χ1n) is 8.18. The van der Waals surface area contributed by atoms with Crippen molar-refractivity contribution in [2.75, 3.05) is 32.9 Å². The smallest absolute Gasteiger partial charge is 0.129 e. The summed E-state index contributed by atoms with van der Waals surface area (Å²) >= 11 is 0. The second-order valence-electron chi connectivity index (χ2n) is 6.31. The second kappa shape index (κ2) is 7.66. The number of ether oxygens (including phenoxy) is 2. The molecule has 2 aliphatic heterocycles. The van der Waals surface area contributed by atoms with Gasteiger partial charge in [-0.2, -0.15) is 0 Å². The van der Waals surface area contributed by atoms with E-state index in [2.05, 4.69) is 0 Å². The van der Waals surface area contributed by atoms with E-state index in [1.807, 2.05) is 4.90 Å². The Balaban J connectivity index is 1.48. The van der Waals surface area contributed by atoms with Crippen LogP contribution in [0.5, 0.6) is 0 Å². The molecule has 4 nitrogen and oxygen atoms in total. The molecule has 2 heterocycles. The molecule has 1 aromatic rings. The van der Waals surface area contributed by atoms with E-state index in [0.29, 0.717) is 50.4 Å². The minimum absolute atomic E-state index is 0.156. The van der Waals surface area contributed by atoms with Gasteiger partial charge in [0.2, 0.25) is 0 Å². The van der Waals surface area contributed by atoms with E-state index in [-0.39, 0.29) is 12.7 Å². The van der Waals surface area contributed by atoms with Gasteiger partial charge in [0.05, 0.1) is 18.8 Å². The zero-order valence-corrected chi connectivity index (χ0v) is 13.1. The van der Waals surface area contributed by atoms with Crippen LogP contribution in [0, 0.1) is 11.6 Å².